The highest BCUT2D eigenvalue weighted by atomic mass is 19.1. The molecule has 1 heterocycles. The molecule has 0 aliphatic heterocycles. The number of nitrogens with one attached hydrogen (secondary N) is 1. The summed E-state index contributed by atoms with van der Waals surface area (Å²) in [5.41, 5.74) is 0.557. The summed E-state index contributed by atoms with van der Waals surface area (Å²) >= 11 is 0. The average Bonchev–Trinajstić information content (AvgIpc) is 3.29. The normalized spacial score (nSPS) is 22.0. The number of aromatic nitrogens is 1. The predicted molar refractivity (Wildman–Crippen MR) is 102 cm³/mol. The van der Waals surface area contributed by atoms with Crippen molar-refractivity contribution in [2.24, 2.45) is 5.92 Å². The SMILES string of the molecule is CC(CN(C)C(=O)c1ccccc1-c1ccncc1)NC(=O)[C@@]1(F)C[C@@H]1C. The summed E-state index contributed by atoms with van der Waals surface area (Å²) < 4.78 is 14.2. The number of amides is 2. The van der Waals surface area contributed by atoms with Crippen molar-refractivity contribution in [2.75, 3.05) is 13.6 Å². The molecule has 3 atom stereocenters. The first-order valence-electron chi connectivity index (χ1n) is 9.07. The van der Waals surface area contributed by atoms with E-state index in [-0.39, 0.29) is 24.3 Å². The monoisotopic (exact) mass is 369 g/mol. The lowest BCUT2D eigenvalue weighted by Gasteiger charge is -2.24. The molecule has 1 unspecified atom stereocenters. The number of halogens is 1. The number of nitrogens with zero attached hydrogens (tertiary/aromatic N) is 2. The van der Waals surface area contributed by atoms with E-state index in [9.17, 15) is 14.0 Å². The summed E-state index contributed by atoms with van der Waals surface area (Å²) in [5.74, 6) is -0.977. The third kappa shape index (κ3) is 3.99. The molecule has 2 aromatic rings. The number of rotatable bonds is 6. The smallest absolute Gasteiger partial charge is 0.258 e. The van der Waals surface area contributed by atoms with Crippen molar-refractivity contribution in [3.8, 4) is 11.1 Å². The molecule has 5 nitrogen and oxygen atoms in total. The molecule has 27 heavy (non-hydrogen) atoms. The van der Waals surface area contributed by atoms with Crippen molar-refractivity contribution in [1.82, 2.24) is 15.2 Å². The Hall–Kier alpha value is -2.76. The first-order valence-corrected chi connectivity index (χ1v) is 9.07. The van der Waals surface area contributed by atoms with Crippen molar-refractivity contribution in [2.45, 2.75) is 32.0 Å². The van der Waals surface area contributed by atoms with Crippen LogP contribution in [0.2, 0.25) is 0 Å². The van der Waals surface area contributed by atoms with Gasteiger partial charge in [-0.15, -0.1) is 0 Å². The van der Waals surface area contributed by atoms with Gasteiger partial charge in [0.05, 0.1) is 0 Å². The van der Waals surface area contributed by atoms with Crippen LogP contribution in [0.4, 0.5) is 4.39 Å². The fourth-order valence-electron chi connectivity index (χ4n) is 3.24. The largest absolute Gasteiger partial charge is 0.349 e. The van der Waals surface area contributed by atoms with E-state index in [1.54, 1.807) is 44.3 Å². The number of hydrogen-bond donors (Lipinski definition) is 1. The summed E-state index contributed by atoms with van der Waals surface area (Å²) in [6, 6.07) is 10.7. The highest BCUT2D eigenvalue weighted by Crippen LogP contribution is 2.46. The third-order valence-electron chi connectivity index (χ3n) is 5.02. The quantitative estimate of drug-likeness (QED) is 0.851. The van der Waals surface area contributed by atoms with Crippen LogP contribution in [-0.4, -0.2) is 47.0 Å². The number of benzene rings is 1. The van der Waals surface area contributed by atoms with E-state index >= 15 is 0 Å². The standard InChI is InChI=1S/C21H24FN3O2/c1-14-12-21(14,22)20(27)24-15(2)13-25(3)19(26)18-7-5-4-6-17(18)16-8-10-23-11-9-16/h4-11,14-15H,12-13H2,1-3H3,(H,24,27)/t14-,15?,21+/m0/s1. The molecule has 6 heteroatoms. The molecular weight excluding hydrogens is 345 g/mol. The summed E-state index contributed by atoms with van der Waals surface area (Å²) in [7, 11) is 1.68. The number of carbonyl (C=O) groups excluding carboxylic acids is 2. The lowest BCUT2D eigenvalue weighted by atomic mass is 10.00. The number of hydrogen-bond acceptors (Lipinski definition) is 3. The van der Waals surface area contributed by atoms with Gasteiger partial charge in [-0.2, -0.15) is 0 Å². The van der Waals surface area contributed by atoms with Gasteiger partial charge >= 0.3 is 0 Å². The number of pyridine rings is 1. The van der Waals surface area contributed by atoms with Gasteiger partial charge in [-0.1, -0.05) is 25.1 Å². The molecule has 0 spiro atoms. The lowest BCUT2D eigenvalue weighted by molar-refractivity contribution is -0.128. The van der Waals surface area contributed by atoms with Crippen LogP contribution in [0.5, 0.6) is 0 Å². The molecule has 0 radical (unpaired) electrons. The van der Waals surface area contributed by atoms with E-state index in [0.29, 0.717) is 12.1 Å². The number of alkyl halides is 1. The molecule has 0 saturated heterocycles. The van der Waals surface area contributed by atoms with E-state index in [0.717, 1.165) is 11.1 Å². The van der Waals surface area contributed by atoms with Crippen LogP contribution in [-0.2, 0) is 4.79 Å². The molecule has 2 amide bonds. The Bertz CT molecular complexity index is 842. The lowest BCUT2D eigenvalue weighted by Crippen LogP contribution is -2.46. The van der Waals surface area contributed by atoms with Gasteiger partial charge in [-0.05, 0) is 42.7 Å². The van der Waals surface area contributed by atoms with Gasteiger partial charge in [-0.25, -0.2) is 4.39 Å². The van der Waals surface area contributed by atoms with Crippen LogP contribution >= 0.6 is 0 Å². The third-order valence-corrected chi connectivity index (χ3v) is 5.02. The van der Waals surface area contributed by atoms with Crippen molar-refractivity contribution >= 4 is 11.8 Å². The average molecular weight is 369 g/mol. The summed E-state index contributed by atoms with van der Waals surface area (Å²) in [6.07, 6.45) is 3.63. The Labute approximate surface area is 158 Å². The Morgan fingerprint density at radius 2 is 1.93 bits per heavy atom. The minimum absolute atomic E-state index is 0.154. The molecule has 1 aliphatic rings. The Morgan fingerprint density at radius 3 is 2.56 bits per heavy atom. The van der Waals surface area contributed by atoms with Gasteiger partial charge in [0, 0.05) is 43.5 Å². The van der Waals surface area contributed by atoms with Crippen molar-refractivity contribution in [1.29, 1.82) is 0 Å². The minimum Gasteiger partial charge on any atom is -0.349 e. The Balaban J connectivity index is 1.68. The Kier molecular flexibility index (Phi) is 5.26. The van der Waals surface area contributed by atoms with Crippen LogP contribution in [0.15, 0.2) is 48.8 Å². The second kappa shape index (κ2) is 7.47. The molecule has 142 valence electrons. The van der Waals surface area contributed by atoms with E-state index in [1.807, 2.05) is 30.3 Å². The molecule has 1 aromatic heterocycles. The molecule has 1 saturated carbocycles. The van der Waals surface area contributed by atoms with E-state index in [2.05, 4.69) is 10.3 Å². The van der Waals surface area contributed by atoms with Gasteiger partial charge < -0.3 is 10.2 Å². The summed E-state index contributed by atoms with van der Waals surface area (Å²) in [6.45, 7) is 3.78. The highest BCUT2D eigenvalue weighted by molar-refractivity contribution is 6.00. The first-order chi connectivity index (χ1) is 12.8. The number of likely N-dealkylation sites (N-methyl/N-ethyl adjacent to an activating group) is 1. The second-order valence-electron chi connectivity index (χ2n) is 7.31. The van der Waals surface area contributed by atoms with Gasteiger partial charge in [0.1, 0.15) is 0 Å². The zero-order chi connectivity index (χ0) is 19.6. The van der Waals surface area contributed by atoms with Gasteiger partial charge in [0.2, 0.25) is 0 Å². The molecule has 1 aliphatic carbocycles. The minimum atomic E-state index is -1.75. The fraction of sp³-hybridized carbons (Fsp3) is 0.381. The van der Waals surface area contributed by atoms with Crippen LogP contribution in [0.1, 0.15) is 30.6 Å². The molecule has 0 bridgehead atoms. The van der Waals surface area contributed by atoms with Crippen LogP contribution in [0, 0.1) is 5.92 Å². The Morgan fingerprint density at radius 1 is 1.30 bits per heavy atom. The molecule has 3 rings (SSSR count). The first kappa shape index (κ1) is 19.0. The second-order valence-corrected chi connectivity index (χ2v) is 7.31. The van der Waals surface area contributed by atoms with Gasteiger partial charge in [0.15, 0.2) is 5.67 Å². The zero-order valence-electron chi connectivity index (χ0n) is 15.8. The van der Waals surface area contributed by atoms with E-state index in [4.69, 9.17) is 0 Å². The van der Waals surface area contributed by atoms with Crippen LogP contribution in [0.25, 0.3) is 11.1 Å². The maximum Gasteiger partial charge on any atom is 0.258 e. The maximum absolute atomic E-state index is 14.2. The molecular formula is C21H24FN3O2. The predicted octanol–water partition coefficient (Wildman–Crippen LogP) is 3.07. The van der Waals surface area contributed by atoms with Gasteiger partial charge in [0.25, 0.3) is 11.8 Å². The van der Waals surface area contributed by atoms with Crippen molar-refractivity contribution in [3.05, 3.63) is 54.4 Å². The molecule has 1 aromatic carbocycles. The maximum atomic E-state index is 14.2. The topological polar surface area (TPSA) is 62.3 Å². The van der Waals surface area contributed by atoms with Crippen LogP contribution in [0.3, 0.4) is 0 Å². The summed E-state index contributed by atoms with van der Waals surface area (Å²) in [5, 5.41) is 2.68. The highest BCUT2D eigenvalue weighted by Gasteiger charge is 2.58. The van der Waals surface area contributed by atoms with Crippen molar-refractivity contribution < 1.29 is 14.0 Å². The summed E-state index contributed by atoms with van der Waals surface area (Å²) in [4.78, 5) is 30.5. The number of carbonyl (C=O) groups is 2. The van der Waals surface area contributed by atoms with E-state index < -0.39 is 11.6 Å². The fourth-order valence-corrected chi connectivity index (χ4v) is 3.24. The zero-order valence-corrected chi connectivity index (χ0v) is 15.8. The van der Waals surface area contributed by atoms with Gasteiger partial charge in [-0.3, -0.25) is 14.6 Å². The van der Waals surface area contributed by atoms with E-state index in [1.165, 1.54) is 0 Å². The molecule has 1 N–H and O–H groups in total. The molecule has 1 fully saturated rings. The van der Waals surface area contributed by atoms with Crippen molar-refractivity contribution in [3.63, 3.8) is 0 Å². The van der Waals surface area contributed by atoms with Crippen LogP contribution < -0.4 is 5.32 Å².